The van der Waals surface area contributed by atoms with Crippen molar-refractivity contribution in [1.82, 2.24) is 0 Å². The number of hydrogen-bond acceptors (Lipinski definition) is 2. The van der Waals surface area contributed by atoms with Crippen molar-refractivity contribution in [3.8, 4) is 0 Å². The predicted octanol–water partition coefficient (Wildman–Crippen LogP) is 2.80. The van der Waals surface area contributed by atoms with Crippen molar-refractivity contribution in [2.45, 2.75) is 6.18 Å². The van der Waals surface area contributed by atoms with Gasteiger partial charge >= 0.3 is 12.6 Å². The molecular weight excluding hydrogens is 221 g/mol. The molecule has 0 saturated carbocycles. The van der Waals surface area contributed by atoms with Crippen LogP contribution in [-0.2, 0) is 15.7 Å². The number of alkyl halides is 3. The van der Waals surface area contributed by atoms with Gasteiger partial charge in [-0.15, -0.1) is 0 Å². The molecule has 0 atom stereocenters. The highest BCUT2D eigenvalue weighted by molar-refractivity contribution is 5.51. The third-order valence-corrected chi connectivity index (χ3v) is 1.76. The zero-order chi connectivity index (χ0) is 12.0. The first kappa shape index (κ1) is 12.3. The Bertz CT molecular complexity index is 383. The van der Waals surface area contributed by atoms with E-state index in [1.165, 1.54) is 30.8 Å². The van der Waals surface area contributed by atoms with Crippen LogP contribution in [0, 0.1) is 0 Å². The summed E-state index contributed by atoms with van der Waals surface area (Å²) in [6, 6.07) is 4.85. The fourth-order valence-electron chi connectivity index (χ4n) is 1.08. The van der Waals surface area contributed by atoms with Crippen LogP contribution >= 0.6 is 0 Å². The quantitative estimate of drug-likeness (QED) is 0.742. The molecule has 1 aromatic carbocycles. The molecule has 85 valence electrons. The van der Waals surface area contributed by atoms with Gasteiger partial charge in [-0.3, -0.25) is 0 Å². The average Bonchev–Trinajstić information content (AvgIpc) is 2.24. The maximum Gasteiger partial charge on any atom is 0.417 e. The van der Waals surface area contributed by atoms with Gasteiger partial charge in [-0.1, -0.05) is 18.2 Å². The smallest absolute Gasteiger partial charge is 0.417 e. The molecule has 0 heterocycles. The number of hydrogen-bond donors (Lipinski definition) is 0. The maximum absolute atomic E-state index is 12.3. The van der Waals surface area contributed by atoms with Crippen LogP contribution < -0.4 is 0 Å². The van der Waals surface area contributed by atoms with E-state index < -0.39 is 11.7 Å². The van der Waals surface area contributed by atoms with Crippen LogP contribution in [0.4, 0.5) is 13.2 Å². The van der Waals surface area contributed by atoms with E-state index in [9.17, 15) is 18.0 Å². The SMILES string of the molecule is O=[C]OC/C=C/c1cccc(C(F)(F)F)c1. The summed E-state index contributed by atoms with van der Waals surface area (Å²) in [5.41, 5.74) is -0.318. The molecule has 0 fully saturated rings. The van der Waals surface area contributed by atoms with Gasteiger partial charge in [0, 0.05) is 0 Å². The summed E-state index contributed by atoms with van der Waals surface area (Å²) in [7, 11) is 0. The van der Waals surface area contributed by atoms with E-state index >= 15 is 0 Å². The maximum atomic E-state index is 12.3. The van der Waals surface area contributed by atoms with Gasteiger partial charge in [0.25, 0.3) is 0 Å². The van der Waals surface area contributed by atoms with Crippen molar-refractivity contribution < 1.29 is 22.7 Å². The highest BCUT2D eigenvalue weighted by Crippen LogP contribution is 2.29. The van der Waals surface area contributed by atoms with Crippen molar-refractivity contribution >= 4 is 12.5 Å². The second kappa shape index (κ2) is 5.34. The second-order valence-electron chi connectivity index (χ2n) is 2.92. The Morgan fingerprint density at radius 2 is 2.12 bits per heavy atom. The third-order valence-electron chi connectivity index (χ3n) is 1.76. The topological polar surface area (TPSA) is 26.3 Å². The number of ether oxygens (including phenoxy) is 1. The van der Waals surface area contributed by atoms with E-state index in [-0.39, 0.29) is 6.61 Å². The monoisotopic (exact) mass is 229 g/mol. The fraction of sp³-hybridized carbons (Fsp3) is 0.182. The molecule has 2 nitrogen and oxygen atoms in total. The molecule has 16 heavy (non-hydrogen) atoms. The van der Waals surface area contributed by atoms with Crippen LogP contribution in [0.25, 0.3) is 6.08 Å². The van der Waals surface area contributed by atoms with Gasteiger partial charge in [-0.2, -0.15) is 13.2 Å². The van der Waals surface area contributed by atoms with Crippen LogP contribution in [0.5, 0.6) is 0 Å². The number of carbonyl (C=O) groups excluding carboxylic acids is 1. The molecule has 0 bridgehead atoms. The van der Waals surface area contributed by atoms with Crippen molar-refractivity contribution in [2.75, 3.05) is 6.61 Å². The number of benzene rings is 1. The van der Waals surface area contributed by atoms with Crippen molar-refractivity contribution in [3.05, 3.63) is 41.5 Å². The van der Waals surface area contributed by atoms with Crippen molar-refractivity contribution in [3.63, 3.8) is 0 Å². The van der Waals surface area contributed by atoms with E-state index in [2.05, 4.69) is 4.74 Å². The van der Waals surface area contributed by atoms with Crippen LogP contribution in [-0.4, -0.2) is 13.1 Å². The van der Waals surface area contributed by atoms with E-state index in [0.29, 0.717) is 5.56 Å². The molecule has 0 aliphatic heterocycles. The van der Waals surface area contributed by atoms with Crippen LogP contribution in [0.15, 0.2) is 30.3 Å². The Hall–Kier alpha value is -1.78. The molecule has 1 aromatic rings. The molecule has 0 saturated heterocycles. The molecule has 0 N–H and O–H groups in total. The van der Waals surface area contributed by atoms with Crippen molar-refractivity contribution in [1.29, 1.82) is 0 Å². The molecular formula is C11H8F3O2. The minimum atomic E-state index is -4.35. The molecule has 0 aliphatic carbocycles. The first-order valence-electron chi connectivity index (χ1n) is 4.37. The van der Waals surface area contributed by atoms with Crippen LogP contribution in [0.1, 0.15) is 11.1 Å². The minimum Gasteiger partial charge on any atom is -0.453 e. The summed E-state index contributed by atoms with van der Waals surface area (Å²) < 4.78 is 41.2. The van der Waals surface area contributed by atoms with Crippen LogP contribution in [0.3, 0.4) is 0 Å². The molecule has 5 heteroatoms. The van der Waals surface area contributed by atoms with Gasteiger partial charge in [-0.05, 0) is 23.8 Å². The molecule has 0 spiro atoms. The van der Waals surface area contributed by atoms with E-state index in [0.717, 1.165) is 12.1 Å². The van der Waals surface area contributed by atoms with Gasteiger partial charge in [-0.25, -0.2) is 4.79 Å². The number of rotatable bonds is 4. The third kappa shape index (κ3) is 3.76. The summed E-state index contributed by atoms with van der Waals surface area (Å²) >= 11 is 0. The van der Waals surface area contributed by atoms with Gasteiger partial charge in [0.2, 0.25) is 0 Å². The normalized spacial score (nSPS) is 11.7. The van der Waals surface area contributed by atoms with E-state index in [4.69, 9.17) is 0 Å². The Labute approximate surface area is 90.3 Å². The fourth-order valence-corrected chi connectivity index (χ4v) is 1.08. The standard InChI is InChI=1S/C11H8F3O2/c12-11(13,14)10-5-1-3-9(7-10)4-2-6-16-8-15/h1-5,7H,6H2/b4-2+. The Morgan fingerprint density at radius 3 is 2.75 bits per heavy atom. The highest BCUT2D eigenvalue weighted by atomic mass is 19.4. The lowest BCUT2D eigenvalue weighted by Gasteiger charge is -2.06. The summed E-state index contributed by atoms with van der Waals surface area (Å²) in [6.45, 7) is 1.19. The molecule has 0 aliphatic rings. The first-order valence-corrected chi connectivity index (χ1v) is 4.37. The summed E-state index contributed by atoms with van der Waals surface area (Å²) in [4.78, 5) is 9.67. The summed E-state index contributed by atoms with van der Waals surface area (Å²) in [5.74, 6) is 0. The molecule has 1 radical (unpaired) electrons. The summed E-state index contributed by atoms with van der Waals surface area (Å²) in [5, 5.41) is 0. The molecule has 1 rings (SSSR count). The van der Waals surface area contributed by atoms with E-state index in [1.807, 2.05) is 0 Å². The molecule has 0 aromatic heterocycles. The zero-order valence-corrected chi connectivity index (χ0v) is 8.12. The Morgan fingerprint density at radius 1 is 1.38 bits per heavy atom. The molecule has 0 unspecified atom stereocenters. The van der Waals surface area contributed by atoms with Gasteiger partial charge in [0.15, 0.2) is 0 Å². The first-order chi connectivity index (χ1) is 7.54. The lowest BCUT2D eigenvalue weighted by Crippen LogP contribution is -2.04. The van der Waals surface area contributed by atoms with Gasteiger partial charge in [0.05, 0.1) is 5.56 Å². The van der Waals surface area contributed by atoms with Crippen LogP contribution in [0.2, 0.25) is 0 Å². The Kier molecular flexibility index (Phi) is 4.10. The largest absolute Gasteiger partial charge is 0.453 e. The van der Waals surface area contributed by atoms with E-state index in [1.54, 1.807) is 0 Å². The van der Waals surface area contributed by atoms with Crippen molar-refractivity contribution in [2.24, 2.45) is 0 Å². The minimum absolute atomic E-state index is 0.0141. The molecule has 0 amide bonds. The lowest BCUT2D eigenvalue weighted by atomic mass is 10.1. The predicted molar refractivity (Wildman–Crippen MR) is 52.1 cm³/mol. The number of halogens is 3. The Balaban J connectivity index is 2.75. The highest BCUT2D eigenvalue weighted by Gasteiger charge is 2.30. The second-order valence-corrected chi connectivity index (χ2v) is 2.92. The zero-order valence-electron chi connectivity index (χ0n) is 8.12. The summed E-state index contributed by atoms with van der Waals surface area (Å²) in [6.07, 6.45) is -1.48. The average molecular weight is 229 g/mol. The van der Waals surface area contributed by atoms with Gasteiger partial charge in [0.1, 0.15) is 6.61 Å². The lowest BCUT2D eigenvalue weighted by molar-refractivity contribution is -0.137. The van der Waals surface area contributed by atoms with Gasteiger partial charge < -0.3 is 4.74 Å².